The van der Waals surface area contributed by atoms with Crippen LogP contribution in [-0.4, -0.2) is 11.2 Å². The van der Waals surface area contributed by atoms with Crippen molar-refractivity contribution in [2.24, 2.45) is 0 Å². The number of rotatable bonds is 3. The van der Waals surface area contributed by atoms with E-state index in [9.17, 15) is 0 Å². The second-order valence-electron chi connectivity index (χ2n) is 3.24. The average molecular weight is 199 g/mol. The second-order valence-corrected chi connectivity index (χ2v) is 3.65. The number of halogens is 1. The molecule has 1 aromatic carbocycles. The van der Waals surface area contributed by atoms with Gasteiger partial charge >= 0.3 is 0 Å². The standard InChI is InChI=1S/C10H11ClO2/c11-9-4-1-7(6-12)5-10(9)13-8-2-3-8/h1,4-5,8,12H,2-3,6H2. The van der Waals surface area contributed by atoms with Crippen molar-refractivity contribution in [1.29, 1.82) is 0 Å². The fraction of sp³-hybridized carbons (Fsp3) is 0.400. The summed E-state index contributed by atoms with van der Waals surface area (Å²) in [5, 5.41) is 9.52. The van der Waals surface area contributed by atoms with E-state index in [1.807, 2.05) is 0 Å². The van der Waals surface area contributed by atoms with E-state index in [1.165, 1.54) is 0 Å². The van der Waals surface area contributed by atoms with Gasteiger partial charge in [-0.25, -0.2) is 0 Å². The highest BCUT2D eigenvalue weighted by Crippen LogP contribution is 2.32. The van der Waals surface area contributed by atoms with Crippen LogP contribution in [0.1, 0.15) is 18.4 Å². The van der Waals surface area contributed by atoms with Crippen molar-refractivity contribution in [2.75, 3.05) is 0 Å². The molecule has 0 unspecified atom stereocenters. The zero-order chi connectivity index (χ0) is 9.26. The van der Waals surface area contributed by atoms with Gasteiger partial charge in [0.05, 0.1) is 17.7 Å². The Morgan fingerprint density at radius 2 is 2.23 bits per heavy atom. The van der Waals surface area contributed by atoms with E-state index in [4.69, 9.17) is 21.4 Å². The van der Waals surface area contributed by atoms with Crippen LogP contribution in [0.25, 0.3) is 0 Å². The SMILES string of the molecule is OCc1ccc(Cl)c(OC2CC2)c1. The molecule has 1 saturated carbocycles. The molecule has 0 amide bonds. The van der Waals surface area contributed by atoms with Gasteiger partial charge < -0.3 is 9.84 Å². The summed E-state index contributed by atoms with van der Waals surface area (Å²) in [6, 6.07) is 5.34. The highest BCUT2D eigenvalue weighted by atomic mass is 35.5. The molecule has 2 nitrogen and oxygen atoms in total. The minimum atomic E-state index is 0.0260. The molecule has 1 fully saturated rings. The van der Waals surface area contributed by atoms with Crippen molar-refractivity contribution < 1.29 is 9.84 Å². The predicted octanol–water partition coefficient (Wildman–Crippen LogP) is 2.37. The van der Waals surface area contributed by atoms with Crippen LogP contribution in [0.2, 0.25) is 5.02 Å². The smallest absolute Gasteiger partial charge is 0.138 e. The van der Waals surface area contributed by atoms with E-state index in [2.05, 4.69) is 0 Å². The molecule has 0 saturated heterocycles. The lowest BCUT2D eigenvalue weighted by atomic mass is 10.2. The van der Waals surface area contributed by atoms with Gasteiger partial charge in [-0.3, -0.25) is 0 Å². The van der Waals surface area contributed by atoms with E-state index in [1.54, 1.807) is 18.2 Å². The maximum absolute atomic E-state index is 8.90. The minimum Gasteiger partial charge on any atom is -0.489 e. The van der Waals surface area contributed by atoms with Gasteiger partial charge in [-0.05, 0) is 30.5 Å². The van der Waals surface area contributed by atoms with E-state index in [0.29, 0.717) is 16.9 Å². The van der Waals surface area contributed by atoms with Crippen molar-refractivity contribution in [3.05, 3.63) is 28.8 Å². The van der Waals surface area contributed by atoms with Gasteiger partial charge in [-0.15, -0.1) is 0 Å². The topological polar surface area (TPSA) is 29.5 Å². The van der Waals surface area contributed by atoms with Crippen LogP contribution in [0.15, 0.2) is 18.2 Å². The quantitative estimate of drug-likeness (QED) is 0.808. The number of hydrogen-bond donors (Lipinski definition) is 1. The van der Waals surface area contributed by atoms with Crippen molar-refractivity contribution in [3.63, 3.8) is 0 Å². The fourth-order valence-electron chi connectivity index (χ4n) is 1.10. The van der Waals surface area contributed by atoms with E-state index >= 15 is 0 Å². The monoisotopic (exact) mass is 198 g/mol. The molecule has 1 aromatic rings. The normalized spacial score (nSPS) is 15.8. The van der Waals surface area contributed by atoms with Crippen molar-refractivity contribution in [2.45, 2.75) is 25.6 Å². The first-order valence-electron chi connectivity index (χ1n) is 4.35. The van der Waals surface area contributed by atoms with Crippen LogP contribution < -0.4 is 4.74 Å². The van der Waals surface area contributed by atoms with E-state index in [-0.39, 0.29) is 6.61 Å². The van der Waals surface area contributed by atoms with E-state index < -0.39 is 0 Å². The molecule has 0 aliphatic heterocycles. The molecular formula is C10H11ClO2. The Bertz CT molecular complexity index is 308. The van der Waals surface area contributed by atoms with Crippen LogP contribution in [0.3, 0.4) is 0 Å². The van der Waals surface area contributed by atoms with Crippen molar-refractivity contribution >= 4 is 11.6 Å². The number of aliphatic hydroxyl groups is 1. The molecule has 1 N–H and O–H groups in total. The molecule has 3 heteroatoms. The molecule has 0 aromatic heterocycles. The molecule has 70 valence electrons. The molecule has 0 bridgehead atoms. The molecule has 2 rings (SSSR count). The highest BCUT2D eigenvalue weighted by Gasteiger charge is 2.24. The minimum absolute atomic E-state index is 0.0260. The summed E-state index contributed by atoms with van der Waals surface area (Å²) in [5.74, 6) is 0.690. The Morgan fingerprint density at radius 1 is 1.46 bits per heavy atom. The zero-order valence-electron chi connectivity index (χ0n) is 7.16. The van der Waals surface area contributed by atoms with E-state index in [0.717, 1.165) is 18.4 Å². The fourth-order valence-corrected chi connectivity index (χ4v) is 1.26. The summed E-state index contributed by atoms with van der Waals surface area (Å²) in [7, 11) is 0. The maximum atomic E-state index is 8.90. The Morgan fingerprint density at radius 3 is 2.85 bits per heavy atom. The first-order chi connectivity index (χ1) is 6.29. The molecular weight excluding hydrogens is 188 g/mol. The summed E-state index contributed by atoms with van der Waals surface area (Å²) in [6.45, 7) is 0.0260. The molecule has 0 radical (unpaired) electrons. The van der Waals surface area contributed by atoms with Crippen molar-refractivity contribution in [1.82, 2.24) is 0 Å². The summed E-state index contributed by atoms with van der Waals surface area (Å²) < 4.78 is 5.56. The largest absolute Gasteiger partial charge is 0.489 e. The van der Waals surface area contributed by atoms with Gasteiger partial charge in [0, 0.05) is 0 Å². The van der Waals surface area contributed by atoms with Crippen LogP contribution in [0.5, 0.6) is 5.75 Å². The van der Waals surface area contributed by atoms with Crippen LogP contribution in [-0.2, 0) is 6.61 Å². The van der Waals surface area contributed by atoms with Gasteiger partial charge in [0.2, 0.25) is 0 Å². The van der Waals surface area contributed by atoms with Gasteiger partial charge in [-0.2, -0.15) is 0 Å². The first-order valence-corrected chi connectivity index (χ1v) is 4.73. The second kappa shape index (κ2) is 3.56. The van der Waals surface area contributed by atoms with Crippen LogP contribution in [0, 0.1) is 0 Å². The zero-order valence-corrected chi connectivity index (χ0v) is 7.92. The van der Waals surface area contributed by atoms with Gasteiger partial charge in [-0.1, -0.05) is 17.7 Å². The van der Waals surface area contributed by atoms with Gasteiger partial charge in [0.25, 0.3) is 0 Å². The summed E-state index contributed by atoms with van der Waals surface area (Å²) in [5.41, 5.74) is 0.833. The Kier molecular flexibility index (Phi) is 2.42. The first kappa shape index (κ1) is 8.85. The lowest BCUT2D eigenvalue weighted by Gasteiger charge is -2.07. The number of hydrogen-bond acceptors (Lipinski definition) is 2. The molecule has 1 aliphatic carbocycles. The van der Waals surface area contributed by atoms with Crippen molar-refractivity contribution in [3.8, 4) is 5.75 Å². The summed E-state index contributed by atoms with van der Waals surface area (Å²) in [6.07, 6.45) is 2.56. The molecule has 1 aliphatic rings. The Hall–Kier alpha value is -0.730. The summed E-state index contributed by atoms with van der Waals surface area (Å²) in [4.78, 5) is 0. The Balaban J connectivity index is 2.19. The maximum Gasteiger partial charge on any atom is 0.138 e. The molecule has 0 atom stereocenters. The molecule has 13 heavy (non-hydrogen) atoms. The highest BCUT2D eigenvalue weighted by molar-refractivity contribution is 6.32. The Labute approximate surface area is 82.1 Å². The number of ether oxygens (including phenoxy) is 1. The van der Waals surface area contributed by atoms with Gasteiger partial charge in [0.15, 0.2) is 0 Å². The van der Waals surface area contributed by atoms with Gasteiger partial charge in [0.1, 0.15) is 5.75 Å². The lowest BCUT2D eigenvalue weighted by molar-refractivity contribution is 0.277. The molecule has 0 heterocycles. The molecule has 0 spiro atoms. The van der Waals surface area contributed by atoms with Crippen LogP contribution in [0.4, 0.5) is 0 Å². The summed E-state index contributed by atoms with van der Waals surface area (Å²) >= 11 is 5.92. The number of benzene rings is 1. The third-order valence-electron chi connectivity index (χ3n) is 2.00. The predicted molar refractivity (Wildman–Crippen MR) is 51.0 cm³/mol. The third-order valence-corrected chi connectivity index (χ3v) is 2.31. The van der Waals surface area contributed by atoms with Crippen LogP contribution >= 0.6 is 11.6 Å². The number of aliphatic hydroxyl groups excluding tert-OH is 1. The third kappa shape index (κ3) is 2.14. The lowest BCUT2D eigenvalue weighted by Crippen LogP contribution is -1.97. The average Bonchev–Trinajstić information content (AvgIpc) is 2.93.